The van der Waals surface area contributed by atoms with Crippen LogP contribution in [0.1, 0.15) is 52.8 Å². The Morgan fingerprint density at radius 3 is 2.67 bits per heavy atom. The van der Waals surface area contributed by atoms with Crippen molar-refractivity contribution in [3.8, 4) is 0 Å². The van der Waals surface area contributed by atoms with E-state index in [-0.39, 0.29) is 0 Å². The van der Waals surface area contributed by atoms with Crippen molar-refractivity contribution in [2.24, 2.45) is 5.84 Å². The highest BCUT2D eigenvalue weighted by atomic mass is 16.5. The first-order chi connectivity index (χ1) is 10.2. The lowest BCUT2D eigenvalue weighted by molar-refractivity contribution is 0.128. The highest BCUT2D eigenvalue weighted by Crippen LogP contribution is 2.20. The van der Waals surface area contributed by atoms with E-state index < -0.39 is 0 Å². The van der Waals surface area contributed by atoms with Crippen LogP contribution >= 0.6 is 0 Å². The maximum Gasteiger partial charge on any atom is 0.158 e. The van der Waals surface area contributed by atoms with Crippen molar-refractivity contribution in [1.29, 1.82) is 0 Å². The zero-order valence-corrected chi connectivity index (χ0v) is 13.7. The molecule has 1 aromatic rings. The third-order valence-electron chi connectivity index (χ3n) is 3.51. The molecule has 0 amide bonds. The van der Waals surface area contributed by atoms with Gasteiger partial charge in [0, 0.05) is 25.3 Å². The number of nitrogens with one attached hydrogen (secondary N) is 1. The summed E-state index contributed by atoms with van der Waals surface area (Å²) in [4.78, 5) is 11.3. The molecule has 0 radical (unpaired) electrons. The Bertz CT molecular complexity index is 413. The number of hydrogen-bond donors (Lipinski definition) is 2. The summed E-state index contributed by atoms with van der Waals surface area (Å²) in [5.41, 5.74) is 2.62. The molecule has 6 heteroatoms. The van der Waals surface area contributed by atoms with E-state index in [0.717, 1.165) is 31.6 Å². The highest BCUT2D eigenvalue weighted by Gasteiger charge is 2.16. The fourth-order valence-electron chi connectivity index (χ4n) is 2.07. The summed E-state index contributed by atoms with van der Waals surface area (Å²) in [5, 5.41) is 0. The quantitative estimate of drug-likeness (QED) is 0.510. The van der Waals surface area contributed by atoms with Gasteiger partial charge in [-0.1, -0.05) is 20.3 Å². The summed E-state index contributed by atoms with van der Waals surface area (Å²) < 4.78 is 5.41. The van der Waals surface area contributed by atoms with Gasteiger partial charge < -0.3 is 15.1 Å². The van der Waals surface area contributed by atoms with E-state index in [1.54, 1.807) is 0 Å². The van der Waals surface area contributed by atoms with Crippen molar-refractivity contribution in [3.63, 3.8) is 0 Å². The molecule has 1 rings (SSSR count). The predicted octanol–water partition coefficient (Wildman–Crippen LogP) is 2.70. The lowest BCUT2D eigenvalue weighted by Gasteiger charge is -2.30. The topological polar surface area (TPSA) is 76.3 Å². The molecule has 0 aliphatic rings. The molecule has 1 unspecified atom stereocenters. The first-order valence-electron chi connectivity index (χ1n) is 7.85. The van der Waals surface area contributed by atoms with Gasteiger partial charge in [0.05, 0.1) is 0 Å². The van der Waals surface area contributed by atoms with Crippen LogP contribution in [0.2, 0.25) is 0 Å². The SMILES string of the molecule is CCCCN(c1cc(NN)nc(COCC)n1)C(C)CC. The fraction of sp³-hybridized carbons (Fsp3) is 0.733. The largest absolute Gasteiger partial charge is 0.374 e. The minimum Gasteiger partial charge on any atom is -0.374 e. The normalized spacial score (nSPS) is 12.2. The molecular formula is C15H29N5O. The number of aromatic nitrogens is 2. The van der Waals surface area contributed by atoms with Crippen molar-refractivity contribution in [2.75, 3.05) is 23.5 Å². The third kappa shape index (κ3) is 5.47. The highest BCUT2D eigenvalue weighted by molar-refractivity contribution is 5.49. The van der Waals surface area contributed by atoms with E-state index >= 15 is 0 Å². The number of hydrogen-bond acceptors (Lipinski definition) is 6. The Labute approximate surface area is 128 Å². The summed E-state index contributed by atoms with van der Waals surface area (Å²) >= 11 is 0. The first-order valence-corrected chi connectivity index (χ1v) is 7.85. The number of nitrogen functional groups attached to an aromatic ring is 1. The Hall–Kier alpha value is -1.40. The van der Waals surface area contributed by atoms with Crippen molar-refractivity contribution in [2.45, 2.75) is 59.6 Å². The third-order valence-corrected chi connectivity index (χ3v) is 3.51. The van der Waals surface area contributed by atoms with Gasteiger partial charge in [0.2, 0.25) is 0 Å². The van der Waals surface area contributed by atoms with Crippen molar-refractivity contribution < 1.29 is 4.74 Å². The second-order valence-corrected chi connectivity index (χ2v) is 5.11. The maximum absolute atomic E-state index is 5.53. The lowest BCUT2D eigenvalue weighted by atomic mass is 10.2. The Kier molecular flexibility index (Phi) is 8.00. The molecule has 3 N–H and O–H groups in total. The molecule has 0 saturated heterocycles. The number of ether oxygens (including phenoxy) is 1. The second-order valence-electron chi connectivity index (χ2n) is 5.11. The average molecular weight is 295 g/mol. The van der Waals surface area contributed by atoms with E-state index in [1.165, 1.54) is 0 Å². The van der Waals surface area contributed by atoms with E-state index in [9.17, 15) is 0 Å². The molecule has 0 aliphatic heterocycles. The molecule has 0 bridgehead atoms. The van der Waals surface area contributed by atoms with Crippen LogP contribution in [0.5, 0.6) is 0 Å². The number of nitrogens with zero attached hydrogens (tertiary/aromatic N) is 3. The standard InChI is InChI=1S/C15H29N5O/c1-5-8-9-20(12(4)6-2)15-10-13(19-16)17-14(18-15)11-21-7-3/h10,12H,5-9,11,16H2,1-4H3,(H,17,18,19). The zero-order valence-electron chi connectivity index (χ0n) is 13.7. The summed E-state index contributed by atoms with van der Waals surface area (Å²) in [6, 6.07) is 2.33. The monoisotopic (exact) mass is 295 g/mol. The van der Waals surface area contributed by atoms with Gasteiger partial charge in [-0.3, -0.25) is 0 Å². The van der Waals surface area contributed by atoms with Gasteiger partial charge in [-0.2, -0.15) is 0 Å². The fourth-order valence-corrected chi connectivity index (χ4v) is 2.07. The Balaban J connectivity index is 3.03. The Morgan fingerprint density at radius 2 is 2.10 bits per heavy atom. The Morgan fingerprint density at radius 1 is 1.33 bits per heavy atom. The molecule has 21 heavy (non-hydrogen) atoms. The van der Waals surface area contributed by atoms with Crippen LogP contribution in [0, 0.1) is 0 Å². The van der Waals surface area contributed by atoms with Crippen LogP contribution in [-0.4, -0.2) is 29.2 Å². The summed E-state index contributed by atoms with van der Waals surface area (Å²) in [5.74, 6) is 7.72. The van der Waals surface area contributed by atoms with Crippen LogP contribution in [-0.2, 0) is 11.3 Å². The van der Waals surface area contributed by atoms with Gasteiger partial charge >= 0.3 is 0 Å². The smallest absolute Gasteiger partial charge is 0.158 e. The zero-order chi connectivity index (χ0) is 15.7. The van der Waals surface area contributed by atoms with Crippen molar-refractivity contribution >= 4 is 11.6 Å². The van der Waals surface area contributed by atoms with Gasteiger partial charge in [-0.15, -0.1) is 0 Å². The van der Waals surface area contributed by atoms with E-state index in [0.29, 0.717) is 30.9 Å². The van der Waals surface area contributed by atoms with Gasteiger partial charge in [-0.25, -0.2) is 15.8 Å². The van der Waals surface area contributed by atoms with Crippen molar-refractivity contribution in [3.05, 3.63) is 11.9 Å². The van der Waals surface area contributed by atoms with Crippen LogP contribution in [0.4, 0.5) is 11.6 Å². The average Bonchev–Trinajstić information content (AvgIpc) is 2.52. The maximum atomic E-state index is 5.53. The number of rotatable bonds is 10. The minimum absolute atomic E-state index is 0.404. The van der Waals surface area contributed by atoms with Crippen molar-refractivity contribution in [1.82, 2.24) is 9.97 Å². The van der Waals surface area contributed by atoms with Crippen LogP contribution < -0.4 is 16.2 Å². The molecule has 1 aromatic heterocycles. The molecule has 6 nitrogen and oxygen atoms in total. The molecule has 1 atom stereocenters. The molecule has 0 aliphatic carbocycles. The molecule has 120 valence electrons. The van der Waals surface area contributed by atoms with E-state index in [2.05, 4.69) is 41.1 Å². The van der Waals surface area contributed by atoms with Crippen LogP contribution in [0.3, 0.4) is 0 Å². The number of hydrazine groups is 1. The van der Waals surface area contributed by atoms with E-state index in [1.807, 2.05) is 13.0 Å². The second kappa shape index (κ2) is 9.52. The summed E-state index contributed by atoms with van der Waals surface area (Å²) in [6.07, 6.45) is 3.37. The summed E-state index contributed by atoms with van der Waals surface area (Å²) in [7, 11) is 0. The van der Waals surface area contributed by atoms with Gasteiger partial charge in [-0.05, 0) is 26.7 Å². The molecule has 0 saturated carbocycles. The van der Waals surface area contributed by atoms with Gasteiger partial charge in [0.25, 0.3) is 0 Å². The molecule has 0 spiro atoms. The molecule has 1 heterocycles. The van der Waals surface area contributed by atoms with Crippen LogP contribution in [0.15, 0.2) is 6.07 Å². The van der Waals surface area contributed by atoms with Gasteiger partial charge in [0.1, 0.15) is 18.2 Å². The van der Waals surface area contributed by atoms with Crippen LogP contribution in [0.25, 0.3) is 0 Å². The molecule has 0 aromatic carbocycles. The lowest BCUT2D eigenvalue weighted by Crippen LogP contribution is -2.34. The summed E-state index contributed by atoms with van der Waals surface area (Å²) in [6.45, 7) is 10.6. The number of anilines is 2. The minimum atomic E-state index is 0.404. The number of unbranched alkanes of at least 4 members (excludes halogenated alkanes) is 1. The molecule has 0 fully saturated rings. The first kappa shape index (κ1) is 17.7. The van der Waals surface area contributed by atoms with E-state index in [4.69, 9.17) is 10.6 Å². The molecular weight excluding hydrogens is 266 g/mol. The predicted molar refractivity (Wildman–Crippen MR) is 87.2 cm³/mol. The number of nitrogens with two attached hydrogens (primary N) is 1. The van der Waals surface area contributed by atoms with Gasteiger partial charge in [0.15, 0.2) is 5.82 Å².